The molecule has 0 spiro atoms. The van der Waals surface area contributed by atoms with Gasteiger partial charge in [-0.25, -0.2) is 0 Å². The maximum Gasteiger partial charge on any atom is 0.303 e. The van der Waals surface area contributed by atoms with Crippen molar-refractivity contribution in [2.24, 2.45) is 0 Å². The Morgan fingerprint density at radius 3 is 1.57 bits per heavy atom. The predicted molar refractivity (Wildman–Crippen MR) is 202 cm³/mol. The molecule has 0 saturated heterocycles. The van der Waals surface area contributed by atoms with E-state index >= 15 is 0 Å². The van der Waals surface area contributed by atoms with Gasteiger partial charge in [0.15, 0.2) is 52.8 Å². The fourth-order valence-corrected chi connectivity index (χ4v) is 7.54. The van der Waals surface area contributed by atoms with Gasteiger partial charge in [0.2, 0.25) is 5.75 Å². The number of fused-ring (bicyclic) bond motifs is 2. The standard InChI is InChI=1S/C42H46O14/c1-21(43)53-34-19-26-30(48-6)20-33(51-9)36(39(26)55-37(34)23-11-14-27(45-3)31(17-23)49-7)35-25-13-16-29(47-5)41(52-10)40(25)56-38(42(35)54-22(2)44)24-12-15-28(46-4)32(18-24)50-8/h11-18,20,34-35,37-38,42H,19H2,1-10H3. The molecule has 298 valence electrons. The molecule has 0 amide bonds. The Balaban J connectivity index is 1.67. The van der Waals surface area contributed by atoms with Crippen molar-refractivity contribution in [2.45, 2.75) is 50.6 Å². The third kappa shape index (κ3) is 7.18. The van der Waals surface area contributed by atoms with Crippen LogP contribution in [-0.2, 0) is 25.5 Å². The summed E-state index contributed by atoms with van der Waals surface area (Å²) >= 11 is 0. The molecular weight excluding hydrogens is 728 g/mol. The quantitative estimate of drug-likeness (QED) is 0.135. The maximum absolute atomic E-state index is 13.1. The van der Waals surface area contributed by atoms with Crippen molar-refractivity contribution in [3.05, 3.63) is 82.4 Å². The van der Waals surface area contributed by atoms with Gasteiger partial charge in [-0.3, -0.25) is 9.59 Å². The Labute approximate surface area is 325 Å². The monoisotopic (exact) mass is 774 g/mol. The van der Waals surface area contributed by atoms with Gasteiger partial charge in [0.1, 0.15) is 23.4 Å². The van der Waals surface area contributed by atoms with Crippen LogP contribution in [0, 0.1) is 0 Å². The minimum absolute atomic E-state index is 0.188. The third-order valence-electron chi connectivity index (χ3n) is 9.91. The highest BCUT2D eigenvalue weighted by Gasteiger charge is 2.49. The lowest BCUT2D eigenvalue weighted by Gasteiger charge is -2.42. The molecule has 0 bridgehead atoms. The van der Waals surface area contributed by atoms with Gasteiger partial charge < -0.3 is 56.8 Å². The molecule has 4 aromatic rings. The van der Waals surface area contributed by atoms with Crippen LogP contribution in [0.1, 0.15) is 59.8 Å². The second-order valence-electron chi connectivity index (χ2n) is 12.9. The van der Waals surface area contributed by atoms with Crippen molar-refractivity contribution < 1.29 is 66.4 Å². The topological polar surface area (TPSA) is 145 Å². The van der Waals surface area contributed by atoms with E-state index < -0.39 is 42.3 Å². The largest absolute Gasteiger partial charge is 0.496 e. The zero-order valence-electron chi connectivity index (χ0n) is 33.0. The Kier molecular flexibility index (Phi) is 11.8. The summed E-state index contributed by atoms with van der Waals surface area (Å²) in [4.78, 5) is 25.7. The summed E-state index contributed by atoms with van der Waals surface area (Å²) in [5.74, 6) is 2.28. The maximum atomic E-state index is 13.1. The molecule has 2 heterocycles. The molecule has 2 aliphatic rings. The van der Waals surface area contributed by atoms with Gasteiger partial charge in [-0.05, 0) is 30.3 Å². The second-order valence-corrected chi connectivity index (χ2v) is 12.9. The first kappa shape index (κ1) is 39.5. The number of hydrogen-bond donors (Lipinski definition) is 0. The first-order valence-electron chi connectivity index (χ1n) is 17.7. The lowest BCUT2D eigenvalue weighted by atomic mass is 9.77. The molecule has 5 unspecified atom stereocenters. The molecule has 2 aliphatic heterocycles. The fraction of sp³-hybridized carbons (Fsp3) is 0.381. The van der Waals surface area contributed by atoms with Crippen LogP contribution in [0.5, 0.6) is 57.5 Å². The van der Waals surface area contributed by atoms with E-state index in [1.165, 1.54) is 56.5 Å². The molecule has 5 atom stereocenters. The van der Waals surface area contributed by atoms with E-state index in [1.54, 1.807) is 50.6 Å². The SMILES string of the molecule is COc1ccc(C2Oc3c(c(OC)cc(OC)c3C3c4ccc(OC)c(OC)c4OC(c4ccc(OC)c(OC)c4)C3OC(C)=O)CC2OC(C)=O)cc1OC. The van der Waals surface area contributed by atoms with Gasteiger partial charge in [0, 0.05) is 54.2 Å². The first-order valence-corrected chi connectivity index (χ1v) is 17.7. The zero-order chi connectivity index (χ0) is 40.3. The van der Waals surface area contributed by atoms with E-state index in [2.05, 4.69) is 0 Å². The van der Waals surface area contributed by atoms with Crippen molar-refractivity contribution in [1.82, 2.24) is 0 Å². The molecule has 56 heavy (non-hydrogen) atoms. The third-order valence-corrected chi connectivity index (χ3v) is 9.91. The van der Waals surface area contributed by atoms with E-state index in [0.29, 0.717) is 85.3 Å². The Hall–Kier alpha value is -6.18. The van der Waals surface area contributed by atoms with Gasteiger partial charge in [-0.1, -0.05) is 18.2 Å². The van der Waals surface area contributed by atoms with Crippen molar-refractivity contribution in [2.75, 3.05) is 56.9 Å². The Morgan fingerprint density at radius 1 is 0.536 bits per heavy atom. The smallest absolute Gasteiger partial charge is 0.303 e. The number of esters is 2. The second kappa shape index (κ2) is 16.7. The summed E-state index contributed by atoms with van der Waals surface area (Å²) in [5, 5.41) is 0. The summed E-state index contributed by atoms with van der Waals surface area (Å²) in [5.41, 5.74) is 2.96. The van der Waals surface area contributed by atoms with Gasteiger partial charge in [-0.15, -0.1) is 0 Å². The van der Waals surface area contributed by atoms with Crippen LogP contribution >= 0.6 is 0 Å². The lowest BCUT2D eigenvalue weighted by molar-refractivity contribution is -0.154. The van der Waals surface area contributed by atoms with Crippen LogP contribution in [0.25, 0.3) is 0 Å². The molecule has 14 nitrogen and oxygen atoms in total. The highest BCUT2D eigenvalue weighted by atomic mass is 16.6. The van der Waals surface area contributed by atoms with E-state index in [1.807, 2.05) is 18.2 Å². The van der Waals surface area contributed by atoms with Gasteiger partial charge in [0.25, 0.3) is 0 Å². The molecule has 6 rings (SSSR count). The van der Waals surface area contributed by atoms with E-state index in [-0.39, 0.29) is 6.42 Å². The molecule has 0 aromatic heterocycles. The fourth-order valence-electron chi connectivity index (χ4n) is 7.54. The number of ether oxygens (including phenoxy) is 12. The van der Waals surface area contributed by atoms with Crippen LogP contribution in [-0.4, -0.2) is 81.0 Å². The highest BCUT2D eigenvalue weighted by molar-refractivity contribution is 5.70. The van der Waals surface area contributed by atoms with Crippen molar-refractivity contribution in [1.29, 1.82) is 0 Å². The zero-order valence-corrected chi connectivity index (χ0v) is 33.0. The molecule has 14 heteroatoms. The van der Waals surface area contributed by atoms with Crippen LogP contribution in [0.3, 0.4) is 0 Å². The summed E-state index contributed by atoms with van der Waals surface area (Å²) < 4.78 is 72.0. The molecule has 0 saturated carbocycles. The molecule has 0 radical (unpaired) electrons. The first-order chi connectivity index (χ1) is 27.0. The number of benzene rings is 4. The van der Waals surface area contributed by atoms with Gasteiger partial charge >= 0.3 is 11.9 Å². The number of carbonyl (C=O) groups is 2. The van der Waals surface area contributed by atoms with Crippen molar-refractivity contribution in [3.63, 3.8) is 0 Å². The van der Waals surface area contributed by atoms with Crippen molar-refractivity contribution in [3.8, 4) is 57.5 Å². The van der Waals surface area contributed by atoms with Crippen LogP contribution in [0.4, 0.5) is 0 Å². The number of methoxy groups -OCH3 is 8. The minimum atomic E-state index is -1.03. The van der Waals surface area contributed by atoms with Gasteiger partial charge in [0.05, 0.1) is 62.8 Å². The molecule has 0 N–H and O–H groups in total. The van der Waals surface area contributed by atoms with E-state index in [9.17, 15) is 9.59 Å². The van der Waals surface area contributed by atoms with Crippen molar-refractivity contribution >= 4 is 11.9 Å². The average Bonchev–Trinajstić information content (AvgIpc) is 3.21. The predicted octanol–water partition coefficient (Wildman–Crippen LogP) is 6.56. The molecule has 0 fully saturated rings. The normalized spacial score (nSPS) is 19.4. The Bertz CT molecular complexity index is 2090. The summed E-state index contributed by atoms with van der Waals surface area (Å²) in [6.07, 6.45) is -3.42. The number of rotatable bonds is 13. The molecule has 4 aromatic carbocycles. The molecule has 0 aliphatic carbocycles. The van der Waals surface area contributed by atoms with Crippen LogP contribution < -0.4 is 47.4 Å². The lowest BCUT2D eigenvalue weighted by Crippen LogP contribution is -2.40. The van der Waals surface area contributed by atoms with E-state index in [4.69, 9.17) is 56.8 Å². The Morgan fingerprint density at radius 2 is 1.05 bits per heavy atom. The minimum Gasteiger partial charge on any atom is -0.496 e. The summed E-state index contributed by atoms with van der Waals surface area (Å²) in [7, 11) is 12.3. The summed E-state index contributed by atoms with van der Waals surface area (Å²) in [6.45, 7) is 2.68. The van der Waals surface area contributed by atoms with Crippen LogP contribution in [0.15, 0.2) is 54.6 Å². The summed E-state index contributed by atoms with van der Waals surface area (Å²) in [6, 6.07) is 16.0. The van der Waals surface area contributed by atoms with E-state index in [0.717, 1.165) is 0 Å². The average molecular weight is 775 g/mol. The highest BCUT2D eigenvalue weighted by Crippen LogP contribution is 2.59. The number of hydrogen-bond acceptors (Lipinski definition) is 14. The molecular formula is C42H46O14. The van der Waals surface area contributed by atoms with Crippen LogP contribution in [0.2, 0.25) is 0 Å². The number of carbonyl (C=O) groups excluding carboxylic acids is 2. The van der Waals surface area contributed by atoms with Gasteiger partial charge in [-0.2, -0.15) is 0 Å².